The largest absolute Gasteiger partial charge is 0.444 e. The van der Waals surface area contributed by atoms with Crippen molar-refractivity contribution in [1.82, 2.24) is 19.7 Å². The quantitative estimate of drug-likeness (QED) is 0.444. The van der Waals surface area contributed by atoms with Crippen molar-refractivity contribution in [3.8, 4) is 0 Å². The summed E-state index contributed by atoms with van der Waals surface area (Å²) in [6.45, 7) is 15.7. The predicted octanol–water partition coefficient (Wildman–Crippen LogP) is 4.58. The van der Waals surface area contributed by atoms with Gasteiger partial charge >= 0.3 is 6.09 Å². The van der Waals surface area contributed by atoms with E-state index >= 15 is 0 Å². The van der Waals surface area contributed by atoms with Crippen molar-refractivity contribution in [3.63, 3.8) is 0 Å². The third-order valence-corrected chi connectivity index (χ3v) is 7.43. The lowest BCUT2D eigenvalue weighted by Gasteiger charge is -2.38. The highest BCUT2D eigenvalue weighted by Gasteiger charge is 2.28. The SMILES string of the molecule is CN(C(=O)OC(C)(C)C)C1CCN(c2cnc3c(cnn3COCC[Si](C)(C)C)c2)CC1. The molecule has 0 N–H and O–H groups in total. The Labute approximate surface area is 192 Å². The molecular formula is C23H39N5O3Si. The zero-order valence-corrected chi connectivity index (χ0v) is 21.7. The molecule has 32 heavy (non-hydrogen) atoms. The Morgan fingerprint density at radius 2 is 1.91 bits per heavy atom. The van der Waals surface area contributed by atoms with Crippen LogP contribution in [0.3, 0.4) is 0 Å². The predicted molar refractivity (Wildman–Crippen MR) is 131 cm³/mol. The second-order valence-electron chi connectivity index (χ2n) is 10.9. The molecule has 178 valence electrons. The van der Waals surface area contributed by atoms with Crippen LogP contribution in [0.1, 0.15) is 33.6 Å². The van der Waals surface area contributed by atoms with E-state index in [1.165, 1.54) is 0 Å². The molecule has 2 aromatic heterocycles. The minimum Gasteiger partial charge on any atom is -0.444 e. The second-order valence-corrected chi connectivity index (χ2v) is 16.5. The van der Waals surface area contributed by atoms with E-state index in [-0.39, 0.29) is 12.1 Å². The topological polar surface area (TPSA) is 72.7 Å². The van der Waals surface area contributed by atoms with Gasteiger partial charge in [0.05, 0.1) is 18.1 Å². The Hall–Kier alpha value is -2.13. The molecule has 1 fully saturated rings. The number of ether oxygens (including phenoxy) is 2. The third-order valence-electron chi connectivity index (χ3n) is 5.73. The number of carbonyl (C=O) groups excluding carboxylic acids is 1. The summed E-state index contributed by atoms with van der Waals surface area (Å²) in [7, 11) is 0.742. The van der Waals surface area contributed by atoms with Crippen molar-refractivity contribution in [3.05, 3.63) is 18.5 Å². The highest BCUT2D eigenvalue weighted by Crippen LogP contribution is 2.25. The number of hydrogen-bond acceptors (Lipinski definition) is 6. The van der Waals surface area contributed by atoms with Crippen LogP contribution < -0.4 is 4.90 Å². The van der Waals surface area contributed by atoms with E-state index in [0.717, 1.165) is 55.3 Å². The van der Waals surface area contributed by atoms with Crippen molar-refractivity contribution in [2.24, 2.45) is 0 Å². The molecule has 0 spiro atoms. The van der Waals surface area contributed by atoms with Crippen LogP contribution in [0.4, 0.5) is 10.5 Å². The van der Waals surface area contributed by atoms with E-state index in [4.69, 9.17) is 9.47 Å². The van der Waals surface area contributed by atoms with Crippen molar-refractivity contribution >= 4 is 30.9 Å². The zero-order chi connectivity index (χ0) is 23.5. The fraction of sp³-hybridized carbons (Fsp3) is 0.696. The van der Waals surface area contributed by atoms with E-state index in [2.05, 4.69) is 40.7 Å². The number of nitrogens with zero attached hydrogens (tertiary/aromatic N) is 5. The van der Waals surface area contributed by atoms with Gasteiger partial charge in [-0.15, -0.1) is 0 Å². The number of amides is 1. The van der Waals surface area contributed by atoms with Crippen molar-refractivity contribution in [2.45, 2.75) is 77.7 Å². The third kappa shape index (κ3) is 6.68. The molecule has 0 aliphatic carbocycles. The molecule has 9 heteroatoms. The maximum absolute atomic E-state index is 12.4. The number of rotatable bonds is 7. The van der Waals surface area contributed by atoms with Crippen molar-refractivity contribution < 1.29 is 14.3 Å². The average Bonchev–Trinajstić information content (AvgIpc) is 3.11. The van der Waals surface area contributed by atoms with E-state index < -0.39 is 13.7 Å². The fourth-order valence-electron chi connectivity index (χ4n) is 3.75. The monoisotopic (exact) mass is 461 g/mol. The van der Waals surface area contributed by atoms with Gasteiger partial charge in [0.2, 0.25) is 0 Å². The molecule has 1 saturated heterocycles. The molecule has 1 aliphatic heterocycles. The number of piperidine rings is 1. The van der Waals surface area contributed by atoms with E-state index in [1.807, 2.05) is 44.9 Å². The van der Waals surface area contributed by atoms with Crippen LogP contribution >= 0.6 is 0 Å². The van der Waals surface area contributed by atoms with Gasteiger partial charge in [-0.2, -0.15) is 5.10 Å². The molecular weight excluding hydrogens is 422 g/mol. The Balaban J connectivity index is 1.55. The average molecular weight is 462 g/mol. The lowest BCUT2D eigenvalue weighted by molar-refractivity contribution is 0.0201. The van der Waals surface area contributed by atoms with Crippen LogP contribution in [0.25, 0.3) is 11.0 Å². The lowest BCUT2D eigenvalue weighted by Crippen LogP contribution is -2.47. The zero-order valence-electron chi connectivity index (χ0n) is 20.7. The Kier molecular flexibility index (Phi) is 7.49. The summed E-state index contributed by atoms with van der Waals surface area (Å²) in [5.74, 6) is 0. The Bertz CT molecular complexity index is 910. The van der Waals surface area contributed by atoms with Gasteiger partial charge in [-0.3, -0.25) is 0 Å². The summed E-state index contributed by atoms with van der Waals surface area (Å²) in [6, 6.07) is 3.48. The maximum Gasteiger partial charge on any atom is 0.410 e. The standard InChI is InChI=1S/C23H39N5O3Si/c1-23(2,3)31-22(29)26(4)19-8-10-27(11-9-19)20-14-18-15-25-28(21(18)24-16-20)17-30-12-13-32(5,6)7/h14-16,19H,8-13,17H2,1-7H3. The first-order chi connectivity index (χ1) is 14.9. The van der Waals surface area contributed by atoms with Crippen LogP contribution in [0.15, 0.2) is 18.5 Å². The van der Waals surface area contributed by atoms with Crippen LogP contribution in [0.5, 0.6) is 0 Å². The summed E-state index contributed by atoms with van der Waals surface area (Å²) in [6.07, 6.45) is 5.33. The van der Waals surface area contributed by atoms with Crippen LogP contribution in [0, 0.1) is 0 Å². The van der Waals surface area contributed by atoms with Gasteiger partial charge in [-0.05, 0) is 45.7 Å². The number of pyridine rings is 1. The summed E-state index contributed by atoms with van der Waals surface area (Å²) in [5, 5.41) is 5.48. The lowest BCUT2D eigenvalue weighted by atomic mass is 10.0. The van der Waals surface area contributed by atoms with E-state index in [0.29, 0.717) is 6.73 Å². The molecule has 2 aromatic rings. The molecule has 1 aliphatic rings. The van der Waals surface area contributed by atoms with Crippen LogP contribution in [0.2, 0.25) is 25.7 Å². The van der Waals surface area contributed by atoms with E-state index in [9.17, 15) is 4.79 Å². The van der Waals surface area contributed by atoms with Gasteiger partial charge in [-0.1, -0.05) is 19.6 Å². The molecule has 0 radical (unpaired) electrons. The first-order valence-corrected chi connectivity index (χ1v) is 15.2. The van der Waals surface area contributed by atoms with Crippen molar-refractivity contribution in [2.75, 3.05) is 31.6 Å². The maximum atomic E-state index is 12.4. The van der Waals surface area contributed by atoms with Gasteiger partial charge in [0.25, 0.3) is 0 Å². The molecule has 0 saturated carbocycles. The molecule has 3 rings (SSSR count). The fourth-order valence-corrected chi connectivity index (χ4v) is 4.51. The first kappa shape index (κ1) is 24.5. The van der Waals surface area contributed by atoms with Crippen molar-refractivity contribution in [1.29, 1.82) is 0 Å². The molecule has 0 bridgehead atoms. The smallest absolute Gasteiger partial charge is 0.410 e. The van der Waals surface area contributed by atoms with E-state index in [1.54, 1.807) is 4.90 Å². The second kappa shape index (κ2) is 9.78. The van der Waals surface area contributed by atoms with Gasteiger partial charge in [0.1, 0.15) is 12.3 Å². The van der Waals surface area contributed by atoms with Gasteiger partial charge in [-0.25, -0.2) is 14.5 Å². The summed E-state index contributed by atoms with van der Waals surface area (Å²) in [5.41, 5.74) is 1.47. The Morgan fingerprint density at radius 3 is 2.53 bits per heavy atom. The number of fused-ring (bicyclic) bond motifs is 1. The highest BCUT2D eigenvalue weighted by molar-refractivity contribution is 6.76. The number of carbonyl (C=O) groups is 1. The minimum absolute atomic E-state index is 0.189. The molecule has 8 nitrogen and oxygen atoms in total. The molecule has 1 amide bonds. The molecule has 3 heterocycles. The molecule has 0 atom stereocenters. The number of anilines is 1. The van der Waals surface area contributed by atoms with Gasteiger partial charge in [0, 0.05) is 46.2 Å². The van der Waals surface area contributed by atoms with Crippen LogP contribution in [-0.2, 0) is 16.2 Å². The minimum atomic E-state index is -1.09. The highest BCUT2D eigenvalue weighted by atomic mass is 28.3. The normalized spacial score (nSPS) is 15.9. The van der Waals surface area contributed by atoms with Gasteiger partial charge in [0.15, 0.2) is 5.65 Å². The summed E-state index contributed by atoms with van der Waals surface area (Å²) < 4.78 is 13.2. The van der Waals surface area contributed by atoms with Gasteiger partial charge < -0.3 is 19.3 Å². The van der Waals surface area contributed by atoms with Crippen LogP contribution in [-0.4, -0.2) is 72.2 Å². The summed E-state index contributed by atoms with van der Waals surface area (Å²) in [4.78, 5) is 21.1. The Morgan fingerprint density at radius 1 is 1.22 bits per heavy atom. The molecule has 0 unspecified atom stereocenters. The molecule has 0 aromatic carbocycles. The number of aromatic nitrogens is 3. The summed E-state index contributed by atoms with van der Waals surface area (Å²) >= 11 is 0. The first-order valence-electron chi connectivity index (χ1n) is 11.5. The number of hydrogen-bond donors (Lipinski definition) is 0.